The van der Waals surface area contributed by atoms with E-state index < -0.39 is 9.84 Å². The summed E-state index contributed by atoms with van der Waals surface area (Å²) < 4.78 is 27.7. The maximum absolute atomic E-state index is 12.9. The fourth-order valence-corrected chi connectivity index (χ4v) is 4.02. The van der Waals surface area contributed by atoms with Crippen molar-refractivity contribution in [1.82, 2.24) is 14.5 Å². The molecule has 0 N–H and O–H groups in total. The van der Waals surface area contributed by atoms with Crippen LogP contribution in [0.15, 0.2) is 89.3 Å². The van der Waals surface area contributed by atoms with Crippen molar-refractivity contribution in [3.8, 4) is 0 Å². The molecule has 0 saturated carbocycles. The minimum absolute atomic E-state index is 0.273. The van der Waals surface area contributed by atoms with Crippen LogP contribution in [-0.2, 0) is 16.4 Å². The Morgan fingerprint density at radius 1 is 0.920 bits per heavy atom. The Bertz CT molecular complexity index is 1120. The summed E-state index contributed by atoms with van der Waals surface area (Å²) in [5, 5.41) is 0.806. The van der Waals surface area contributed by atoms with Crippen LogP contribution in [0.2, 0.25) is 0 Å². The van der Waals surface area contributed by atoms with E-state index in [1.165, 1.54) is 0 Å². The molecule has 124 valence electrons. The zero-order valence-corrected chi connectivity index (χ0v) is 14.1. The molecule has 5 nitrogen and oxygen atoms in total. The average molecular weight is 349 g/mol. The van der Waals surface area contributed by atoms with Crippen molar-refractivity contribution in [1.29, 1.82) is 0 Å². The minimum atomic E-state index is -3.56. The number of hydrogen-bond donors (Lipinski definition) is 0. The average Bonchev–Trinajstić information content (AvgIpc) is 3.15. The molecule has 0 unspecified atom stereocenters. The van der Waals surface area contributed by atoms with E-state index in [2.05, 4.69) is 9.97 Å². The van der Waals surface area contributed by atoms with Gasteiger partial charge in [-0.2, -0.15) is 0 Å². The van der Waals surface area contributed by atoms with Gasteiger partial charge in [-0.25, -0.2) is 13.4 Å². The largest absolute Gasteiger partial charge is 0.333 e. The second-order valence-corrected chi connectivity index (χ2v) is 7.69. The molecule has 2 aromatic heterocycles. The lowest BCUT2D eigenvalue weighted by atomic mass is 10.2. The number of rotatable bonds is 4. The lowest BCUT2D eigenvalue weighted by Crippen LogP contribution is -2.03. The smallest absolute Gasteiger partial charge is 0.206 e. The first-order valence-electron chi connectivity index (χ1n) is 7.77. The second-order valence-electron chi connectivity index (χ2n) is 5.74. The summed E-state index contributed by atoms with van der Waals surface area (Å²) in [6.45, 7) is 0.655. The molecule has 4 aromatic rings. The number of sulfone groups is 1. The van der Waals surface area contributed by atoms with Crippen LogP contribution in [0.1, 0.15) is 5.56 Å². The van der Waals surface area contributed by atoms with Gasteiger partial charge in [0, 0.05) is 30.5 Å². The first-order chi connectivity index (χ1) is 12.1. The number of nitrogens with zero attached hydrogens (tertiary/aromatic N) is 3. The second kappa shape index (κ2) is 6.14. The number of hydrogen-bond acceptors (Lipinski definition) is 4. The molecule has 0 fully saturated rings. The number of aromatic nitrogens is 3. The van der Waals surface area contributed by atoms with Crippen LogP contribution in [0.5, 0.6) is 0 Å². The van der Waals surface area contributed by atoms with Crippen molar-refractivity contribution in [3.63, 3.8) is 0 Å². The summed E-state index contributed by atoms with van der Waals surface area (Å²) in [5.41, 5.74) is 1.79. The number of fused-ring (bicyclic) bond motifs is 1. The normalized spacial score (nSPS) is 11.7. The summed E-state index contributed by atoms with van der Waals surface area (Å²) in [6, 6.07) is 15.6. The molecule has 25 heavy (non-hydrogen) atoms. The summed E-state index contributed by atoms with van der Waals surface area (Å²) >= 11 is 0. The van der Waals surface area contributed by atoms with Gasteiger partial charge in [0.05, 0.1) is 21.6 Å². The van der Waals surface area contributed by atoms with Crippen molar-refractivity contribution >= 4 is 20.7 Å². The van der Waals surface area contributed by atoms with E-state index in [1.807, 2.05) is 29.0 Å². The van der Waals surface area contributed by atoms with E-state index in [-0.39, 0.29) is 9.79 Å². The standard InChI is InChI=1S/C19H15N3O2S/c23-25(24,18-7-8-19-16(12-18)2-1-9-21-19)17-5-3-15(4-6-17)13-22-11-10-20-14-22/h1-12,14H,13H2. The summed E-state index contributed by atoms with van der Waals surface area (Å²) in [7, 11) is -3.56. The number of imidazole rings is 1. The van der Waals surface area contributed by atoms with Crippen LogP contribution in [0.4, 0.5) is 0 Å². The molecule has 6 heteroatoms. The van der Waals surface area contributed by atoms with Crippen LogP contribution >= 0.6 is 0 Å². The van der Waals surface area contributed by atoms with E-state index in [9.17, 15) is 8.42 Å². The maximum Gasteiger partial charge on any atom is 0.206 e. The van der Waals surface area contributed by atoms with Crippen molar-refractivity contribution in [2.24, 2.45) is 0 Å². The molecule has 0 radical (unpaired) electrons. The molecule has 0 spiro atoms. The van der Waals surface area contributed by atoms with E-state index in [0.717, 1.165) is 16.5 Å². The third-order valence-corrected chi connectivity index (χ3v) is 5.81. The van der Waals surface area contributed by atoms with Crippen LogP contribution in [0, 0.1) is 0 Å². The highest BCUT2D eigenvalue weighted by Crippen LogP contribution is 2.24. The third-order valence-electron chi connectivity index (χ3n) is 4.04. The fourth-order valence-electron chi connectivity index (χ4n) is 2.72. The van der Waals surface area contributed by atoms with Gasteiger partial charge in [0.25, 0.3) is 0 Å². The van der Waals surface area contributed by atoms with Gasteiger partial charge < -0.3 is 4.57 Å². The third kappa shape index (κ3) is 3.04. The topological polar surface area (TPSA) is 64.8 Å². The Morgan fingerprint density at radius 2 is 1.72 bits per heavy atom. The van der Waals surface area contributed by atoms with E-state index >= 15 is 0 Å². The van der Waals surface area contributed by atoms with Gasteiger partial charge in [-0.1, -0.05) is 18.2 Å². The Hall–Kier alpha value is -2.99. The molecular formula is C19H15N3O2S. The summed E-state index contributed by atoms with van der Waals surface area (Å²) in [5.74, 6) is 0. The molecule has 0 saturated heterocycles. The van der Waals surface area contributed by atoms with Crippen LogP contribution < -0.4 is 0 Å². The molecule has 0 aliphatic rings. The molecule has 0 bridgehead atoms. The highest BCUT2D eigenvalue weighted by Gasteiger charge is 2.18. The Kier molecular flexibility index (Phi) is 3.82. The van der Waals surface area contributed by atoms with Crippen LogP contribution in [-0.4, -0.2) is 23.0 Å². The van der Waals surface area contributed by atoms with Crippen molar-refractivity contribution in [3.05, 3.63) is 85.1 Å². The number of pyridine rings is 1. The van der Waals surface area contributed by atoms with Gasteiger partial charge >= 0.3 is 0 Å². The van der Waals surface area contributed by atoms with E-state index in [0.29, 0.717) is 6.54 Å². The molecule has 4 rings (SSSR count). The van der Waals surface area contributed by atoms with Crippen molar-refractivity contribution in [2.45, 2.75) is 16.3 Å². The minimum Gasteiger partial charge on any atom is -0.333 e. The zero-order chi connectivity index (χ0) is 17.3. The SMILES string of the molecule is O=S(=O)(c1ccc(Cn2ccnc2)cc1)c1ccc2ncccc2c1. The quantitative estimate of drug-likeness (QED) is 0.567. The molecule has 0 amide bonds. The van der Waals surface area contributed by atoms with E-state index in [1.54, 1.807) is 55.1 Å². The molecule has 0 atom stereocenters. The van der Waals surface area contributed by atoms with E-state index in [4.69, 9.17) is 0 Å². The maximum atomic E-state index is 12.9. The molecule has 0 aliphatic carbocycles. The first kappa shape index (κ1) is 15.5. The fraction of sp³-hybridized carbons (Fsp3) is 0.0526. The number of benzene rings is 2. The predicted octanol–water partition coefficient (Wildman–Crippen LogP) is 3.31. The van der Waals surface area contributed by atoms with Gasteiger partial charge in [0.2, 0.25) is 9.84 Å². The molecular weight excluding hydrogens is 334 g/mol. The van der Waals surface area contributed by atoms with Gasteiger partial charge in [-0.3, -0.25) is 4.98 Å². The molecule has 2 aromatic carbocycles. The lowest BCUT2D eigenvalue weighted by molar-refractivity contribution is 0.596. The van der Waals surface area contributed by atoms with Crippen LogP contribution in [0.25, 0.3) is 10.9 Å². The van der Waals surface area contributed by atoms with Gasteiger partial charge in [0.1, 0.15) is 0 Å². The van der Waals surface area contributed by atoms with Gasteiger partial charge in [0.15, 0.2) is 0 Å². The first-order valence-corrected chi connectivity index (χ1v) is 9.26. The molecule has 0 aliphatic heterocycles. The zero-order valence-electron chi connectivity index (χ0n) is 13.3. The predicted molar refractivity (Wildman–Crippen MR) is 95.0 cm³/mol. The van der Waals surface area contributed by atoms with Crippen LogP contribution in [0.3, 0.4) is 0 Å². The monoisotopic (exact) mass is 349 g/mol. The Labute approximate surface area is 145 Å². The van der Waals surface area contributed by atoms with Crippen molar-refractivity contribution < 1.29 is 8.42 Å². The van der Waals surface area contributed by atoms with Gasteiger partial charge in [-0.15, -0.1) is 0 Å². The Morgan fingerprint density at radius 3 is 2.48 bits per heavy atom. The summed E-state index contributed by atoms with van der Waals surface area (Å²) in [4.78, 5) is 8.78. The highest BCUT2D eigenvalue weighted by atomic mass is 32.2. The summed E-state index contributed by atoms with van der Waals surface area (Å²) in [6.07, 6.45) is 7.00. The Balaban J connectivity index is 1.66. The lowest BCUT2D eigenvalue weighted by Gasteiger charge is -2.08. The van der Waals surface area contributed by atoms with Crippen molar-refractivity contribution in [2.75, 3.05) is 0 Å². The van der Waals surface area contributed by atoms with Gasteiger partial charge in [-0.05, 0) is 42.0 Å². The highest BCUT2D eigenvalue weighted by molar-refractivity contribution is 7.91. The molecule has 2 heterocycles.